The fraction of sp³-hybridized carbons (Fsp3) is 0.174. The Hall–Kier alpha value is -3.67. The standard InChI is InChI=1S/C23H18N2O4/c26-19-11-9-14(25(28)29)12-17(19)23-22-16(6-3-7-20(22)27)21-15-5-2-1-4-13(15)8-10-18(21)24-23/h1-2,4-5,8-12,23-24,26H,3,6-7H2/p-1/t23-/m0/s1. The average Bonchev–Trinajstić information content (AvgIpc) is 2.73. The Morgan fingerprint density at radius 1 is 1.03 bits per heavy atom. The lowest BCUT2D eigenvalue weighted by atomic mass is 9.76. The summed E-state index contributed by atoms with van der Waals surface area (Å²) < 4.78 is 0. The number of anilines is 1. The van der Waals surface area contributed by atoms with Gasteiger partial charge in [-0.3, -0.25) is 14.9 Å². The molecule has 0 saturated carbocycles. The van der Waals surface area contributed by atoms with Gasteiger partial charge in [0.2, 0.25) is 0 Å². The summed E-state index contributed by atoms with van der Waals surface area (Å²) in [6.07, 6.45) is 1.91. The van der Waals surface area contributed by atoms with Gasteiger partial charge in [-0.25, -0.2) is 0 Å². The van der Waals surface area contributed by atoms with E-state index in [2.05, 4.69) is 5.32 Å². The van der Waals surface area contributed by atoms with Gasteiger partial charge >= 0.3 is 0 Å². The normalized spacial score (nSPS) is 18.2. The van der Waals surface area contributed by atoms with E-state index in [1.165, 1.54) is 18.2 Å². The van der Waals surface area contributed by atoms with Crippen LogP contribution >= 0.6 is 0 Å². The lowest BCUT2D eigenvalue weighted by molar-refractivity contribution is -0.385. The van der Waals surface area contributed by atoms with E-state index >= 15 is 0 Å². The number of hydrogen-bond acceptors (Lipinski definition) is 5. The topological polar surface area (TPSA) is 95.3 Å². The monoisotopic (exact) mass is 385 g/mol. The third-order valence-electron chi connectivity index (χ3n) is 5.79. The number of Topliss-reactive ketones (excluding diaryl/α,β-unsaturated/α-hetero) is 1. The number of benzene rings is 3. The summed E-state index contributed by atoms with van der Waals surface area (Å²) in [5.74, 6) is -0.323. The SMILES string of the molecule is O=C1CCCC2=C1[C@H](c1cc([N+](=O)[O-])ccc1[O-])Nc1ccc3ccccc3c12. The Labute approximate surface area is 166 Å². The third-order valence-corrected chi connectivity index (χ3v) is 5.79. The molecule has 0 unspecified atom stereocenters. The molecule has 0 amide bonds. The highest BCUT2D eigenvalue weighted by Crippen LogP contribution is 2.49. The van der Waals surface area contributed by atoms with Crippen LogP contribution in [0.4, 0.5) is 11.4 Å². The molecule has 0 saturated heterocycles. The van der Waals surface area contributed by atoms with Crippen molar-refractivity contribution in [1.82, 2.24) is 0 Å². The highest BCUT2D eigenvalue weighted by Gasteiger charge is 2.35. The molecular formula is C23H17N2O4-. The molecule has 6 heteroatoms. The molecule has 1 aliphatic carbocycles. The van der Waals surface area contributed by atoms with Crippen molar-refractivity contribution < 1.29 is 14.8 Å². The Bertz CT molecular complexity index is 1230. The Morgan fingerprint density at radius 2 is 1.86 bits per heavy atom. The third kappa shape index (κ3) is 2.68. The van der Waals surface area contributed by atoms with Gasteiger partial charge < -0.3 is 10.4 Å². The van der Waals surface area contributed by atoms with Crippen LogP contribution in [0.3, 0.4) is 0 Å². The van der Waals surface area contributed by atoms with Crippen molar-refractivity contribution in [3.63, 3.8) is 0 Å². The lowest BCUT2D eigenvalue weighted by Gasteiger charge is -2.36. The molecule has 144 valence electrons. The van der Waals surface area contributed by atoms with Crippen LogP contribution in [0.25, 0.3) is 16.3 Å². The summed E-state index contributed by atoms with van der Waals surface area (Å²) in [6.45, 7) is 0. The minimum Gasteiger partial charge on any atom is -0.872 e. The van der Waals surface area contributed by atoms with Crippen LogP contribution in [-0.2, 0) is 4.79 Å². The number of carbonyl (C=O) groups excluding carboxylic acids is 1. The zero-order valence-corrected chi connectivity index (χ0v) is 15.5. The molecule has 29 heavy (non-hydrogen) atoms. The van der Waals surface area contributed by atoms with Gasteiger partial charge in [-0.2, -0.15) is 0 Å². The van der Waals surface area contributed by atoms with Gasteiger partial charge in [-0.05, 0) is 40.8 Å². The van der Waals surface area contributed by atoms with Gasteiger partial charge in [0.1, 0.15) is 0 Å². The zero-order chi connectivity index (χ0) is 20.1. The first-order valence-electron chi connectivity index (χ1n) is 9.55. The highest BCUT2D eigenvalue weighted by atomic mass is 16.6. The van der Waals surface area contributed by atoms with Crippen LogP contribution in [0.15, 0.2) is 60.2 Å². The molecule has 3 aromatic rings. The molecular weight excluding hydrogens is 368 g/mol. The minimum absolute atomic E-state index is 0.00626. The Balaban J connectivity index is 1.78. The molecule has 3 aromatic carbocycles. The number of hydrogen-bond donors (Lipinski definition) is 1. The summed E-state index contributed by atoms with van der Waals surface area (Å²) in [6, 6.07) is 15.0. The van der Waals surface area contributed by atoms with E-state index in [0.29, 0.717) is 12.0 Å². The first-order valence-corrected chi connectivity index (χ1v) is 9.55. The molecule has 0 fully saturated rings. The molecule has 6 nitrogen and oxygen atoms in total. The maximum absolute atomic E-state index is 13.0. The number of rotatable bonds is 2. The molecule has 0 radical (unpaired) electrons. The van der Waals surface area contributed by atoms with E-state index in [1.54, 1.807) is 0 Å². The summed E-state index contributed by atoms with van der Waals surface area (Å²) in [5.41, 5.74) is 3.44. The van der Waals surface area contributed by atoms with Gasteiger partial charge in [-0.1, -0.05) is 36.4 Å². The largest absolute Gasteiger partial charge is 0.872 e. The van der Waals surface area contributed by atoms with Crippen LogP contribution in [0.5, 0.6) is 5.75 Å². The smallest absolute Gasteiger partial charge is 0.269 e. The number of ketones is 1. The van der Waals surface area contributed by atoms with Crippen molar-refractivity contribution in [3.8, 4) is 5.75 Å². The second-order valence-corrected chi connectivity index (χ2v) is 7.43. The van der Waals surface area contributed by atoms with Gasteiger partial charge in [0.25, 0.3) is 5.69 Å². The highest BCUT2D eigenvalue weighted by molar-refractivity contribution is 6.12. The van der Waals surface area contributed by atoms with E-state index in [-0.39, 0.29) is 22.8 Å². The molecule has 5 rings (SSSR count). The maximum atomic E-state index is 13.0. The second kappa shape index (κ2) is 6.44. The van der Waals surface area contributed by atoms with Crippen LogP contribution in [0.2, 0.25) is 0 Å². The predicted molar refractivity (Wildman–Crippen MR) is 109 cm³/mol. The van der Waals surface area contributed by atoms with E-state index < -0.39 is 11.0 Å². The molecule has 2 aliphatic rings. The van der Waals surface area contributed by atoms with Crippen LogP contribution in [-0.4, -0.2) is 10.7 Å². The molecule has 1 aliphatic heterocycles. The van der Waals surface area contributed by atoms with Crippen molar-refractivity contribution in [2.75, 3.05) is 5.32 Å². The van der Waals surface area contributed by atoms with Crippen molar-refractivity contribution in [2.24, 2.45) is 0 Å². The zero-order valence-electron chi connectivity index (χ0n) is 15.5. The summed E-state index contributed by atoms with van der Waals surface area (Å²) in [5, 5.41) is 29.3. The van der Waals surface area contributed by atoms with Crippen molar-refractivity contribution >= 4 is 33.5 Å². The van der Waals surface area contributed by atoms with Crippen molar-refractivity contribution in [2.45, 2.75) is 25.3 Å². The average molecular weight is 385 g/mol. The van der Waals surface area contributed by atoms with Gasteiger partial charge in [0.05, 0.1) is 11.0 Å². The number of non-ortho nitro benzene ring substituents is 1. The van der Waals surface area contributed by atoms with Crippen LogP contribution < -0.4 is 10.4 Å². The summed E-state index contributed by atoms with van der Waals surface area (Å²) >= 11 is 0. The number of carbonyl (C=O) groups is 1. The molecule has 0 spiro atoms. The number of nitro groups is 1. The Kier molecular flexibility index (Phi) is 3.87. The van der Waals surface area contributed by atoms with Crippen LogP contribution in [0, 0.1) is 10.1 Å². The number of nitro benzene ring substituents is 1. The quantitative estimate of drug-likeness (QED) is 0.518. The maximum Gasteiger partial charge on any atom is 0.269 e. The fourth-order valence-electron chi connectivity index (χ4n) is 4.51. The number of nitrogens with one attached hydrogen (secondary N) is 1. The summed E-state index contributed by atoms with van der Waals surface area (Å²) in [7, 11) is 0. The van der Waals surface area contributed by atoms with Crippen molar-refractivity contribution in [1.29, 1.82) is 0 Å². The van der Waals surface area contributed by atoms with Crippen LogP contribution in [0.1, 0.15) is 36.4 Å². The van der Waals surface area contributed by atoms with E-state index in [0.717, 1.165) is 40.4 Å². The number of fused-ring (bicyclic) bond motifs is 4. The first kappa shape index (κ1) is 17.4. The first-order chi connectivity index (χ1) is 14.0. The van der Waals surface area contributed by atoms with E-state index in [1.807, 2.05) is 36.4 Å². The molecule has 0 aromatic heterocycles. The second-order valence-electron chi connectivity index (χ2n) is 7.43. The molecule has 1 heterocycles. The lowest BCUT2D eigenvalue weighted by Crippen LogP contribution is -2.28. The fourth-order valence-corrected chi connectivity index (χ4v) is 4.51. The number of nitrogens with zero attached hydrogens (tertiary/aromatic N) is 1. The minimum atomic E-state index is -0.682. The van der Waals surface area contributed by atoms with E-state index in [9.17, 15) is 20.0 Å². The predicted octanol–water partition coefficient (Wildman–Crippen LogP) is 4.50. The van der Waals surface area contributed by atoms with Gasteiger partial charge in [0, 0.05) is 35.4 Å². The summed E-state index contributed by atoms with van der Waals surface area (Å²) in [4.78, 5) is 23.7. The van der Waals surface area contributed by atoms with Gasteiger partial charge in [-0.15, -0.1) is 5.75 Å². The van der Waals surface area contributed by atoms with E-state index in [4.69, 9.17) is 0 Å². The molecule has 0 bridgehead atoms. The molecule has 1 atom stereocenters. The van der Waals surface area contributed by atoms with Crippen molar-refractivity contribution in [3.05, 3.63) is 81.4 Å². The van der Waals surface area contributed by atoms with Gasteiger partial charge in [0.15, 0.2) is 5.78 Å². The molecule has 1 N–H and O–H groups in total. The Morgan fingerprint density at radius 3 is 2.69 bits per heavy atom. The number of allylic oxidation sites excluding steroid dienone is 1.